The number of carbonyl (C=O) groups is 2. The normalized spacial score (nSPS) is 16.2. The number of nitrogen functional groups attached to an aromatic ring is 1. The molecule has 1 aliphatic heterocycles. The first-order valence-corrected chi connectivity index (χ1v) is 10.0. The van der Waals surface area contributed by atoms with E-state index < -0.39 is 11.7 Å². The summed E-state index contributed by atoms with van der Waals surface area (Å²) in [7, 11) is 0. The number of halogens is 1. The number of carbonyl (C=O) groups excluding carboxylic acids is 2. The number of primary amides is 1. The second-order valence-electron chi connectivity index (χ2n) is 7.49. The van der Waals surface area contributed by atoms with E-state index in [0.29, 0.717) is 23.4 Å². The quantitative estimate of drug-likeness (QED) is 0.673. The number of anilines is 1. The molecular formula is C23H22FN5O2. The summed E-state index contributed by atoms with van der Waals surface area (Å²) >= 11 is 0. The van der Waals surface area contributed by atoms with Crippen LogP contribution >= 0.6 is 0 Å². The zero-order valence-corrected chi connectivity index (χ0v) is 16.8. The molecule has 3 aromatic rings. The summed E-state index contributed by atoms with van der Waals surface area (Å²) < 4.78 is 13.3. The van der Waals surface area contributed by atoms with Crippen molar-refractivity contribution in [2.24, 2.45) is 5.73 Å². The Balaban J connectivity index is 1.74. The Morgan fingerprint density at radius 2 is 1.68 bits per heavy atom. The average molecular weight is 419 g/mol. The van der Waals surface area contributed by atoms with Crippen LogP contribution in [0.5, 0.6) is 0 Å². The molecular weight excluding hydrogens is 397 g/mol. The molecule has 1 aliphatic rings. The minimum atomic E-state index is -0.510. The van der Waals surface area contributed by atoms with Crippen LogP contribution in [0, 0.1) is 5.82 Å². The highest BCUT2D eigenvalue weighted by atomic mass is 19.1. The number of rotatable bonds is 4. The van der Waals surface area contributed by atoms with Crippen LogP contribution in [0.3, 0.4) is 0 Å². The third kappa shape index (κ3) is 4.23. The molecule has 0 saturated carbocycles. The summed E-state index contributed by atoms with van der Waals surface area (Å²) in [5, 5.41) is 0. The molecule has 2 aromatic carbocycles. The van der Waals surface area contributed by atoms with Gasteiger partial charge in [-0.1, -0.05) is 12.1 Å². The molecule has 0 radical (unpaired) electrons. The van der Waals surface area contributed by atoms with E-state index in [4.69, 9.17) is 11.5 Å². The van der Waals surface area contributed by atoms with Crippen molar-refractivity contribution in [2.45, 2.75) is 25.3 Å². The molecule has 0 bridgehead atoms. The molecule has 1 fully saturated rings. The van der Waals surface area contributed by atoms with Crippen molar-refractivity contribution < 1.29 is 14.0 Å². The fourth-order valence-corrected chi connectivity index (χ4v) is 3.92. The SMILES string of the molecule is NC(=O)c1ccc(-c2cnc(N)nc2C2CCCCN2C(=O)c2ccc(F)cc2)cc1. The molecule has 1 atom stereocenters. The Morgan fingerprint density at radius 3 is 2.35 bits per heavy atom. The van der Waals surface area contributed by atoms with Crippen molar-refractivity contribution in [2.75, 3.05) is 12.3 Å². The largest absolute Gasteiger partial charge is 0.368 e. The average Bonchev–Trinajstić information content (AvgIpc) is 2.79. The van der Waals surface area contributed by atoms with Crippen molar-refractivity contribution in [1.29, 1.82) is 0 Å². The van der Waals surface area contributed by atoms with E-state index in [1.165, 1.54) is 24.3 Å². The predicted octanol–water partition coefficient (Wildman–Crippen LogP) is 3.33. The van der Waals surface area contributed by atoms with Crippen LogP contribution in [0.4, 0.5) is 10.3 Å². The minimum Gasteiger partial charge on any atom is -0.368 e. The smallest absolute Gasteiger partial charge is 0.254 e. The van der Waals surface area contributed by atoms with Crippen molar-refractivity contribution in [1.82, 2.24) is 14.9 Å². The number of aromatic nitrogens is 2. The van der Waals surface area contributed by atoms with Crippen molar-refractivity contribution in [3.8, 4) is 11.1 Å². The molecule has 158 valence electrons. The van der Waals surface area contributed by atoms with Gasteiger partial charge in [-0.25, -0.2) is 14.4 Å². The Hall–Kier alpha value is -3.81. The number of hydrogen-bond donors (Lipinski definition) is 2. The molecule has 1 saturated heterocycles. The lowest BCUT2D eigenvalue weighted by Gasteiger charge is -2.36. The number of piperidine rings is 1. The van der Waals surface area contributed by atoms with Gasteiger partial charge in [-0.2, -0.15) is 0 Å². The van der Waals surface area contributed by atoms with Crippen LogP contribution in [0.25, 0.3) is 11.1 Å². The van der Waals surface area contributed by atoms with Gasteiger partial charge in [0.25, 0.3) is 5.91 Å². The maximum atomic E-state index is 13.3. The molecule has 2 amide bonds. The highest BCUT2D eigenvalue weighted by Gasteiger charge is 2.32. The maximum absolute atomic E-state index is 13.3. The second kappa shape index (κ2) is 8.51. The monoisotopic (exact) mass is 419 g/mol. The first-order chi connectivity index (χ1) is 14.9. The topological polar surface area (TPSA) is 115 Å². The van der Waals surface area contributed by atoms with Gasteiger partial charge >= 0.3 is 0 Å². The van der Waals surface area contributed by atoms with Gasteiger partial charge in [0.05, 0.1) is 11.7 Å². The Labute approximate surface area is 178 Å². The predicted molar refractivity (Wildman–Crippen MR) is 114 cm³/mol. The third-order valence-corrected chi connectivity index (χ3v) is 5.49. The van der Waals surface area contributed by atoms with Crippen LogP contribution < -0.4 is 11.5 Å². The van der Waals surface area contributed by atoms with Crippen molar-refractivity contribution in [3.05, 3.63) is 77.4 Å². The zero-order valence-electron chi connectivity index (χ0n) is 16.8. The lowest BCUT2D eigenvalue weighted by atomic mass is 9.93. The third-order valence-electron chi connectivity index (χ3n) is 5.49. The number of likely N-dealkylation sites (tertiary alicyclic amines) is 1. The highest BCUT2D eigenvalue weighted by molar-refractivity contribution is 5.95. The summed E-state index contributed by atoms with van der Waals surface area (Å²) in [4.78, 5) is 35.0. The summed E-state index contributed by atoms with van der Waals surface area (Å²) in [6.45, 7) is 0.560. The van der Waals surface area contributed by atoms with E-state index in [-0.39, 0.29) is 17.9 Å². The summed E-state index contributed by atoms with van der Waals surface area (Å²) in [6.07, 6.45) is 4.15. The van der Waals surface area contributed by atoms with Gasteiger partial charge in [0.15, 0.2) is 0 Å². The van der Waals surface area contributed by atoms with E-state index in [2.05, 4.69) is 9.97 Å². The first-order valence-electron chi connectivity index (χ1n) is 10.0. The number of nitrogens with zero attached hydrogens (tertiary/aromatic N) is 3. The molecule has 1 unspecified atom stereocenters. The van der Waals surface area contributed by atoms with Crippen LogP contribution in [-0.4, -0.2) is 33.2 Å². The minimum absolute atomic E-state index is 0.118. The van der Waals surface area contributed by atoms with E-state index in [1.807, 2.05) is 0 Å². The van der Waals surface area contributed by atoms with Crippen LogP contribution in [-0.2, 0) is 0 Å². The molecule has 7 nitrogen and oxygen atoms in total. The Morgan fingerprint density at radius 1 is 1.00 bits per heavy atom. The zero-order chi connectivity index (χ0) is 22.0. The molecule has 0 spiro atoms. The molecule has 4 rings (SSSR count). The Bertz CT molecular complexity index is 1120. The lowest BCUT2D eigenvalue weighted by Crippen LogP contribution is -2.39. The van der Waals surface area contributed by atoms with Crippen LogP contribution in [0.2, 0.25) is 0 Å². The fourth-order valence-electron chi connectivity index (χ4n) is 3.92. The molecule has 1 aromatic heterocycles. The standard InChI is InChI=1S/C23H22FN5O2/c24-17-10-8-16(9-11-17)22(31)29-12-2-1-3-19(29)20-18(13-27-23(26)28-20)14-4-6-15(7-5-14)21(25)30/h4-11,13,19H,1-3,12H2,(H2,25,30)(H2,26,27,28). The molecule has 4 N–H and O–H groups in total. The van der Waals surface area contributed by atoms with Gasteiger partial charge in [0.1, 0.15) is 5.82 Å². The van der Waals surface area contributed by atoms with Crippen molar-refractivity contribution >= 4 is 17.8 Å². The van der Waals surface area contributed by atoms with Gasteiger partial charge in [-0.3, -0.25) is 9.59 Å². The summed E-state index contributed by atoms with van der Waals surface area (Å²) in [5.74, 6) is -0.968. The number of benzene rings is 2. The van der Waals surface area contributed by atoms with Crippen LogP contribution in [0.15, 0.2) is 54.7 Å². The van der Waals surface area contributed by atoms with E-state index >= 15 is 0 Å². The molecule has 8 heteroatoms. The highest BCUT2D eigenvalue weighted by Crippen LogP contribution is 2.36. The first kappa shape index (κ1) is 20.5. The second-order valence-corrected chi connectivity index (χ2v) is 7.49. The molecule has 0 aliphatic carbocycles. The van der Waals surface area contributed by atoms with Gasteiger partial charge in [0.2, 0.25) is 11.9 Å². The van der Waals surface area contributed by atoms with Crippen molar-refractivity contribution in [3.63, 3.8) is 0 Å². The maximum Gasteiger partial charge on any atom is 0.254 e. The van der Waals surface area contributed by atoms with E-state index in [9.17, 15) is 14.0 Å². The van der Waals surface area contributed by atoms with Crippen LogP contribution in [0.1, 0.15) is 51.7 Å². The lowest BCUT2D eigenvalue weighted by molar-refractivity contribution is 0.0606. The molecule has 2 heterocycles. The van der Waals surface area contributed by atoms with Gasteiger partial charge in [-0.05, 0) is 61.2 Å². The molecule has 31 heavy (non-hydrogen) atoms. The summed E-state index contributed by atoms with van der Waals surface area (Å²) in [6, 6.07) is 12.0. The van der Waals surface area contributed by atoms with Gasteiger partial charge < -0.3 is 16.4 Å². The van der Waals surface area contributed by atoms with Gasteiger partial charge in [-0.15, -0.1) is 0 Å². The number of nitrogens with two attached hydrogens (primary N) is 2. The fraction of sp³-hybridized carbons (Fsp3) is 0.217. The van der Waals surface area contributed by atoms with E-state index in [1.54, 1.807) is 35.4 Å². The Kier molecular flexibility index (Phi) is 5.62. The summed E-state index contributed by atoms with van der Waals surface area (Å²) in [5.41, 5.74) is 14.2. The number of amides is 2. The van der Waals surface area contributed by atoms with Gasteiger partial charge in [0, 0.05) is 29.4 Å². The van der Waals surface area contributed by atoms with E-state index in [0.717, 1.165) is 30.4 Å². The number of hydrogen-bond acceptors (Lipinski definition) is 5.